The number of anilines is 1. The molecular weight excluding hydrogens is 279 g/mol. The highest BCUT2D eigenvalue weighted by Crippen LogP contribution is 2.17. The van der Waals surface area contributed by atoms with Crippen LogP contribution < -0.4 is 5.32 Å². The third-order valence-corrected chi connectivity index (χ3v) is 2.46. The number of hydrogen-bond donors (Lipinski definition) is 2. The quantitative estimate of drug-likeness (QED) is 0.639. The van der Waals surface area contributed by atoms with Crippen LogP contribution in [0.3, 0.4) is 0 Å². The standard InChI is InChI=1S/C12H9FN6O2/c1-21-12(20)9-4-8(2-3-10(9)13)15-6-7(5-14)11-16-18-19-17-11/h2-4,6,15H,1H3,(H,16,17,18,19). The highest BCUT2D eigenvalue weighted by atomic mass is 19.1. The minimum absolute atomic E-state index is 0.111. The van der Waals surface area contributed by atoms with E-state index in [0.717, 1.165) is 13.2 Å². The Morgan fingerprint density at radius 1 is 1.57 bits per heavy atom. The van der Waals surface area contributed by atoms with E-state index >= 15 is 0 Å². The second-order valence-electron chi connectivity index (χ2n) is 3.74. The third-order valence-electron chi connectivity index (χ3n) is 2.46. The number of ether oxygens (including phenoxy) is 1. The van der Waals surface area contributed by atoms with Gasteiger partial charge in [0.15, 0.2) is 0 Å². The lowest BCUT2D eigenvalue weighted by Gasteiger charge is -2.05. The van der Waals surface area contributed by atoms with E-state index in [9.17, 15) is 9.18 Å². The van der Waals surface area contributed by atoms with Crippen molar-refractivity contribution in [2.24, 2.45) is 0 Å². The number of allylic oxidation sites excluding steroid dienone is 1. The van der Waals surface area contributed by atoms with Crippen molar-refractivity contribution in [1.82, 2.24) is 20.6 Å². The number of H-pyrrole nitrogens is 1. The molecule has 1 heterocycles. The van der Waals surface area contributed by atoms with E-state index in [1.54, 1.807) is 0 Å². The molecule has 0 saturated carbocycles. The van der Waals surface area contributed by atoms with Crippen LogP contribution in [0, 0.1) is 17.1 Å². The second kappa shape index (κ2) is 6.25. The number of tetrazole rings is 1. The molecule has 0 fully saturated rings. The van der Waals surface area contributed by atoms with E-state index in [0.29, 0.717) is 5.69 Å². The van der Waals surface area contributed by atoms with Crippen LogP contribution >= 0.6 is 0 Å². The fourth-order valence-electron chi connectivity index (χ4n) is 1.46. The molecular formula is C12H9FN6O2. The zero-order valence-corrected chi connectivity index (χ0v) is 10.8. The van der Waals surface area contributed by atoms with Crippen molar-refractivity contribution >= 4 is 17.2 Å². The van der Waals surface area contributed by atoms with Crippen molar-refractivity contribution in [3.63, 3.8) is 0 Å². The molecule has 0 spiro atoms. The largest absolute Gasteiger partial charge is 0.465 e. The molecule has 0 bridgehead atoms. The minimum Gasteiger partial charge on any atom is -0.465 e. The Balaban J connectivity index is 2.24. The molecule has 2 N–H and O–H groups in total. The summed E-state index contributed by atoms with van der Waals surface area (Å²) < 4.78 is 17.9. The predicted molar refractivity (Wildman–Crippen MR) is 69.1 cm³/mol. The maximum absolute atomic E-state index is 13.5. The number of benzene rings is 1. The van der Waals surface area contributed by atoms with Gasteiger partial charge in [0.1, 0.15) is 17.5 Å². The number of nitriles is 1. The van der Waals surface area contributed by atoms with Crippen molar-refractivity contribution in [2.45, 2.75) is 0 Å². The van der Waals surface area contributed by atoms with E-state index in [1.165, 1.54) is 18.3 Å². The average Bonchev–Trinajstić information content (AvgIpc) is 3.03. The van der Waals surface area contributed by atoms with Gasteiger partial charge in [0.2, 0.25) is 5.82 Å². The summed E-state index contributed by atoms with van der Waals surface area (Å²) in [6.07, 6.45) is 1.32. The SMILES string of the molecule is COC(=O)c1cc(NC=C(C#N)c2nn[nH]n2)ccc1F. The first-order valence-electron chi connectivity index (χ1n) is 5.64. The summed E-state index contributed by atoms with van der Waals surface area (Å²) in [7, 11) is 1.16. The van der Waals surface area contributed by atoms with Gasteiger partial charge < -0.3 is 10.1 Å². The molecule has 0 unspecified atom stereocenters. The Morgan fingerprint density at radius 3 is 3.00 bits per heavy atom. The number of carbonyl (C=O) groups is 1. The topological polar surface area (TPSA) is 117 Å². The molecule has 9 heteroatoms. The molecule has 0 aliphatic carbocycles. The summed E-state index contributed by atoms with van der Waals surface area (Å²) >= 11 is 0. The first-order valence-corrected chi connectivity index (χ1v) is 5.64. The molecule has 0 radical (unpaired) electrons. The highest BCUT2D eigenvalue weighted by Gasteiger charge is 2.12. The molecule has 8 nitrogen and oxygen atoms in total. The molecule has 1 aromatic heterocycles. The first kappa shape index (κ1) is 14.1. The summed E-state index contributed by atoms with van der Waals surface area (Å²) in [5, 5.41) is 24.6. The number of halogens is 1. The zero-order valence-electron chi connectivity index (χ0n) is 10.8. The van der Waals surface area contributed by atoms with Crippen LogP contribution in [0.4, 0.5) is 10.1 Å². The van der Waals surface area contributed by atoms with Crippen LogP contribution in [0.2, 0.25) is 0 Å². The number of methoxy groups -OCH3 is 1. The lowest BCUT2D eigenvalue weighted by molar-refractivity contribution is 0.0595. The molecule has 0 saturated heterocycles. The monoisotopic (exact) mass is 288 g/mol. The summed E-state index contributed by atoms with van der Waals surface area (Å²) in [4.78, 5) is 11.4. The van der Waals surface area contributed by atoms with E-state index in [2.05, 4.69) is 30.7 Å². The van der Waals surface area contributed by atoms with E-state index < -0.39 is 11.8 Å². The van der Waals surface area contributed by atoms with Crippen molar-refractivity contribution in [3.8, 4) is 6.07 Å². The zero-order chi connectivity index (χ0) is 15.2. The van der Waals surface area contributed by atoms with Gasteiger partial charge in [0, 0.05) is 11.9 Å². The molecule has 21 heavy (non-hydrogen) atoms. The van der Waals surface area contributed by atoms with Gasteiger partial charge in [-0.25, -0.2) is 9.18 Å². The van der Waals surface area contributed by atoms with Gasteiger partial charge in [-0.2, -0.15) is 10.5 Å². The maximum atomic E-state index is 13.5. The van der Waals surface area contributed by atoms with Crippen molar-refractivity contribution in [2.75, 3.05) is 12.4 Å². The molecule has 2 aromatic rings. The predicted octanol–water partition coefficient (Wildman–Crippen LogP) is 1.10. The molecule has 0 aliphatic rings. The maximum Gasteiger partial charge on any atom is 0.340 e. The number of carbonyl (C=O) groups excluding carboxylic acids is 1. The first-order chi connectivity index (χ1) is 10.2. The number of aromatic nitrogens is 4. The van der Waals surface area contributed by atoms with Crippen LogP contribution in [-0.2, 0) is 4.74 Å². The summed E-state index contributed by atoms with van der Waals surface area (Å²) in [6, 6.07) is 5.67. The van der Waals surface area contributed by atoms with Crippen LogP contribution in [0.1, 0.15) is 16.2 Å². The Bertz CT molecular complexity index is 720. The van der Waals surface area contributed by atoms with E-state index in [1.807, 2.05) is 6.07 Å². The number of nitrogens with zero attached hydrogens (tertiary/aromatic N) is 4. The molecule has 0 amide bonds. The van der Waals surface area contributed by atoms with Crippen LogP contribution in [0.5, 0.6) is 0 Å². The van der Waals surface area contributed by atoms with Crippen LogP contribution in [0.15, 0.2) is 24.4 Å². The highest BCUT2D eigenvalue weighted by molar-refractivity contribution is 5.91. The number of rotatable bonds is 4. The van der Waals surface area contributed by atoms with Gasteiger partial charge in [-0.1, -0.05) is 0 Å². The molecule has 0 aliphatic heterocycles. The van der Waals surface area contributed by atoms with Crippen molar-refractivity contribution < 1.29 is 13.9 Å². The number of nitrogens with one attached hydrogen (secondary N) is 2. The van der Waals surface area contributed by atoms with E-state index in [-0.39, 0.29) is 17.0 Å². The number of hydrogen-bond acceptors (Lipinski definition) is 7. The lowest BCUT2D eigenvalue weighted by atomic mass is 10.2. The summed E-state index contributed by atoms with van der Waals surface area (Å²) in [5.41, 5.74) is 0.301. The van der Waals surface area contributed by atoms with Crippen LogP contribution in [0.25, 0.3) is 5.57 Å². The smallest absolute Gasteiger partial charge is 0.340 e. The summed E-state index contributed by atoms with van der Waals surface area (Å²) in [6.45, 7) is 0. The van der Waals surface area contributed by atoms with Crippen molar-refractivity contribution in [1.29, 1.82) is 5.26 Å². The van der Waals surface area contributed by atoms with Gasteiger partial charge in [0.25, 0.3) is 0 Å². The second-order valence-corrected chi connectivity index (χ2v) is 3.74. The van der Waals surface area contributed by atoms with E-state index in [4.69, 9.17) is 5.26 Å². The van der Waals surface area contributed by atoms with Gasteiger partial charge in [-0.15, -0.1) is 10.2 Å². The molecule has 1 aromatic carbocycles. The van der Waals surface area contributed by atoms with Gasteiger partial charge in [0.05, 0.1) is 12.7 Å². The third kappa shape index (κ3) is 3.19. The van der Waals surface area contributed by atoms with Crippen LogP contribution in [-0.4, -0.2) is 33.7 Å². The van der Waals surface area contributed by atoms with Gasteiger partial charge >= 0.3 is 5.97 Å². The number of aromatic amines is 1. The fraction of sp³-hybridized carbons (Fsp3) is 0.0833. The fourth-order valence-corrected chi connectivity index (χ4v) is 1.46. The van der Waals surface area contributed by atoms with Gasteiger partial charge in [-0.3, -0.25) is 0 Å². The van der Waals surface area contributed by atoms with Gasteiger partial charge in [-0.05, 0) is 23.4 Å². The number of esters is 1. The molecule has 0 atom stereocenters. The van der Waals surface area contributed by atoms with Crippen molar-refractivity contribution in [3.05, 3.63) is 41.6 Å². The molecule has 2 rings (SSSR count). The average molecular weight is 288 g/mol. The Hall–Kier alpha value is -3.28. The summed E-state index contributed by atoms with van der Waals surface area (Å²) in [5.74, 6) is -1.38. The lowest BCUT2D eigenvalue weighted by Crippen LogP contribution is -2.05. The minimum atomic E-state index is -0.793. The normalized spacial score (nSPS) is 10.8. The Labute approximate surface area is 118 Å². The Morgan fingerprint density at radius 2 is 2.38 bits per heavy atom. The molecule has 106 valence electrons. The Kier molecular flexibility index (Phi) is 4.20.